The van der Waals surface area contributed by atoms with Gasteiger partial charge in [0.1, 0.15) is 6.54 Å². The van der Waals surface area contributed by atoms with E-state index in [4.69, 9.17) is 21.1 Å². The average molecular weight is 364 g/mol. The zero-order valence-corrected chi connectivity index (χ0v) is 15.7. The number of hydrogen-bond donors (Lipinski definition) is 2. The van der Waals surface area contributed by atoms with E-state index in [2.05, 4.69) is 5.32 Å². The molecule has 2 N–H and O–H groups in total. The average Bonchev–Trinajstić information content (AvgIpc) is 2.57. The van der Waals surface area contributed by atoms with Crippen molar-refractivity contribution in [2.75, 3.05) is 33.1 Å². The highest BCUT2D eigenvalue weighted by Crippen LogP contribution is 2.30. The molecule has 0 spiro atoms. The summed E-state index contributed by atoms with van der Waals surface area (Å²) in [5, 5.41) is 3.40. The molecule has 0 aliphatic rings. The first kappa shape index (κ1) is 19.1. The number of carbonyl (C=O) groups excluding carboxylic acids is 1. The minimum absolute atomic E-state index is 0.0925. The highest BCUT2D eigenvalue weighted by Gasteiger charge is 2.16. The van der Waals surface area contributed by atoms with Gasteiger partial charge in [-0.2, -0.15) is 0 Å². The van der Waals surface area contributed by atoms with Crippen molar-refractivity contribution in [3.05, 3.63) is 52.5 Å². The molecule has 2 rings (SSSR count). The van der Waals surface area contributed by atoms with Crippen LogP contribution in [0.25, 0.3) is 0 Å². The third-order valence-electron chi connectivity index (χ3n) is 3.84. The molecule has 134 valence electrons. The first-order valence-electron chi connectivity index (χ1n) is 8.01. The van der Waals surface area contributed by atoms with Gasteiger partial charge in [-0.15, -0.1) is 0 Å². The molecule has 2 aromatic rings. The molecular formula is C19H24ClN2O3+. The lowest BCUT2D eigenvalue weighted by molar-refractivity contribution is -0.885. The fourth-order valence-corrected chi connectivity index (χ4v) is 2.95. The van der Waals surface area contributed by atoms with Gasteiger partial charge in [-0.25, -0.2) is 0 Å². The highest BCUT2D eigenvalue weighted by molar-refractivity contribution is 6.33. The Labute approximate surface area is 153 Å². The number of anilines is 1. The standard InChI is InChI=1S/C19H23ClN2O3/c1-13-8-9-16(15(20)10-13)21-18(23)12-22(2)11-14-6-5-7-17(24-3)19(14)25-4/h5-10H,11-12H2,1-4H3,(H,21,23)/p+1. The second-order valence-corrected chi connectivity index (χ2v) is 6.40. The number of carbonyl (C=O) groups is 1. The second-order valence-electron chi connectivity index (χ2n) is 5.99. The Morgan fingerprint density at radius 2 is 1.96 bits per heavy atom. The molecule has 0 saturated heterocycles. The van der Waals surface area contributed by atoms with E-state index >= 15 is 0 Å². The molecule has 0 saturated carbocycles. The first-order valence-corrected chi connectivity index (χ1v) is 8.39. The molecule has 0 aromatic heterocycles. The van der Waals surface area contributed by atoms with Gasteiger partial charge >= 0.3 is 0 Å². The zero-order chi connectivity index (χ0) is 18.4. The minimum atomic E-state index is -0.0925. The van der Waals surface area contributed by atoms with Crippen LogP contribution in [0.15, 0.2) is 36.4 Å². The number of ether oxygens (including phenoxy) is 2. The Morgan fingerprint density at radius 1 is 1.20 bits per heavy atom. The van der Waals surface area contributed by atoms with E-state index in [9.17, 15) is 4.79 Å². The van der Waals surface area contributed by atoms with Gasteiger partial charge in [-0.05, 0) is 36.8 Å². The minimum Gasteiger partial charge on any atom is -0.493 e. The second kappa shape index (κ2) is 8.74. The van der Waals surface area contributed by atoms with Crippen molar-refractivity contribution >= 4 is 23.2 Å². The van der Waals surface area contributed by atoms with Crippen LogP contribution in [0.3, 0.4) is 0 Å². The Hall–Kier alpha value is -2.24. The van der Waals surface area contributed by atoms with Gasteiger partial charge in [-0.1, -0.05) is 23.7 Å². The zero-order valence-electron chi connectivity index (χ0n) is 15.0. The van der Waals surface area contributed by atoms with Crippen LogP contribution in [0.2, 0.25) is 5.02 Å². The van der Waals surface area contributed by atoms with Crippen LogP contribution in [0.4, 0.5) is 5.69 Å². The Balaban J connectivity index is 2.00. The number of likely N-dealkylation sites (N-methyl/N-ethyl adjacent to an activating group) is 1. The van der Waals surface area contributed by atoms with Gasteiger partial charge in [-0.3, -0.25) is 4.79 Å². The van der Waals surface area contributed by atoms with Crippen molar-refractivity contribution < 1.29 is 19.2 Å². The van der Waals surface area contributed by atoms with Gasteiger partial charge < -0.3 is 19.7 Å². The van der Waals surface area contributed by atoms with Crippen molar-refractivity contribution in [3.8, 4) is 11.5 Å². The number of benzene rings is 2. The molecule has 0 bridgehead atoms. The maximum atomic E-state index is 12.3. The Morgan fingerprint density at radius 3 is 2.60 bits per heavy atom. The lowest BCUT2D eigenvalue weighted by Crippen LogP contribution is -3.08. The van der Waals surface area contributed by atoms with Crippen LogP contribution >= 0.6 is 11.6 Å². The van der Waals surface area contributed by atoms with Crippen molar-refractivity contribution in [1.82, 2.24) is 0 Å². The predicted molar refractivity (Wildman–Crippen MR) is 99.8 cm³/mol. The van der Waals surface area contributed by atoms with Crippen LogP contribution in [-0.2, 0) is 11.3 Å². The van der Waals surface area contributed by atoms with E-state index in [0.717, 1.165) is 16.0 Å². The van der Waals surface area contributed by atoms with Crippen LogP contribution in [0, 0.1) is 6.92 Å². The quantitative estimate of drug-likeness (QED) is 0.793. The lowest BCUT2D eigenvalue weighted by Gasteiger charge is -2.17. The molecular weight excluding hydrogens is 340 g/mol. The molecule has 1 unspecified atom stereocenters. The summed E-state index contributed by atoms with van der Waals surface area (Å²) in [5.74, 6) is 1.29. The van der Waals surface area contributed by atoms with E-state index in [0.29, 0.717) is 35.3 Å². The topological polar surface area (TPSA) is 52.0 Å². The molecule has 2 aromatic carbocycles. The van der Waals surface area contributed by atoms with Crippen molar-refractivity contribution in [2.45, 2.75) is 13.5 Å². The molecule has 6 heteroatoms. The highest BCUT2D eigenvalue weighted by atomic mass is 35.5. The Kier molecular flexibility index (Phi) is 6.67. The van der Waals surface area contributed by atoms with Crippen LogP contribution in [0.5, 0.6) is 11.5 Å². The molecule has 0 aliphatic carbocycles. The van der Waals surface area contributed by atoms with Crippen LogP contribution in [-0.4, -0.2) is 33.7 Å². The van der Waals surface area contributed by atoms with Crippen molar-refractivity contribution in [2.24, 2.45) is 0 Å². The van der Waals surface area contributed by atoms with E-state index in [1.54, 1.807) is 14.2 Å². The third kappa shape index (κ3) is 5.11. The van der Waals surface area contributed by atoms with E-state index in [-0.39, 0.29) is 5.91 Å². The third-order valence-corrected chi connectivity index (χ3v) is 4.15. The number of rotatable bonds is 7. The van der Waals surface area contributed by atoms with E-state index < -0.39 is 0 Å². The van der Waals surface area contributed by atoms with Gasteiger partial charge in [0.05, 0.1) is 37.5 Å². The first-order chi connectivity index (χ1) is 11.9. The normalized spacial score (nSPS) is 11.7. The van der Waals surface area contributed by atoms with E-state index in [1.165, 1.54) is 0 Å². The summed E-state index contributed by atoms with van der Waals surface area (Å²) >= 11 is 6.16. The number of quaternary nitrogens is 1. The Bertz CT molecular complexity index is 749. The monoisotopic (exact) mass is 363 g/mol. The molecule has 1 atom stereocenters. The lowest BCUT2D eigenvalue weighted by atomic mass is 10.1. The number of hydrogen-bond acceptors (Lipinski definition) is 3. The number of halogens is 1. The molecule has 0 radical (unpaired) electrons. The largest absolute Gasteiger partial charge is 0.493 e. The maximum absolute atomic E-state index is 12.3. The molecule has 5 nitrogen and oxygen atoms in total. The van der Waals surface area contributed by atoms with Crippen LogP contribution in [0.1, 0.15) is 11.1 Å². The summed E-state index contributed by atoms with van der Waals surface area (Å²) in [6.07, 6.45) is 0. The van der Waals surface area contributed by atoms with Gasteiger partial charge in [0.25, 0.3) is 5.91 Å². The SMILES string of the molecule is COc1cccc(C[NH+](C)CC(=O)Nc2ccc(C)cc2Cl)c1OC. The maximum Gasteiger partial charge on any atom is 0.279 e. The number of nitrogens with one attached hydrogen (secondary N) is 2. The van der Waals surface area contributed by atoms with Gasteiger partial charge in [0.15, 0.2) is 18.0 Å². The molecule has 25 heavy (non-hydrogen) atoms. The number of para-hydroxylation sites is 1. The summed E-state index contributed by atoms with van der Waals surface area (Å²) in [6.45, 7) is 2.90. The van der Waals surface area contributed by atoms with E-state index in [1.807, 2.05) is 50.4 Å². The fourth-order valence-electron chi connectivity index (χ4n) is 2.67. The number of methoxy groups -OCH3 is 2. The summed E-state index contributed by atoms with van der Waals surface area (Å²) in [4.78, 5) is 13.3. The number of aryl methyl sites for hydroxylation is 1. The molecule has 0 heterocycles. The van der Waals surface area contributed by atoms with Gasteiger partial charge in [0, 0.05) is 0 Å². The fraction of sp³-hybridized carbons (Fsp3) is 0.316. The van der Waals surface area contributed by atoms with Crippen molar-refractivity contribution in [3.63, 3.8) is 0 Å². The molecule has 1 amide bonds. The van der Waals surface area contributed by atoms with Crippen LogP contribution < -0.4 is 19.7 Å². The molecule has 0 aliphatic heterocycles. The summed E-state index contributed by atoms with van der Waals surface area (Å²) < 4.78 is 10.8. The molecule has 0 fully saturated rings. The van der Waals surface area contributed by atoms with Crippen molar-refractivity contribution in [1.29, 1.82) is 0 Å². The predicted octanol–water partition coefficient (Wildman–Crippen LogP) is 2.32. The summed E-state index contributed by atoms with van der Waals surface area (Å²) in [7, 11) is 5.18. The smallest absolute Gasteiger partial charge is 0.279 e. The summed E-state index contributed by atoms with van der Waals surface area (Å²) in [6, 6.07) is 11.3. The number of amides is 1. The summed E-state index contributed by atoms with van der Waals surface area (Å²) in [5.41, 5.74) is 2.67. The van der Waals surface area contributed by atoms with Gasteiger partial charge in [0.2, 0.25) is 0 Å².